The minimum Gasteiger partial charge on any atom is -0.496 e. The molecule has 0 heterocycles. The van der Waals surface area contributed by atoms with Gasteiger partial charge in [0.15, 0.2) is 5.75 Å². The quantitative estimate of drug-likeness (QED) is 0.407. The molecule has 0 radical (unpaired) electrons. The molecule has 29 heavy (non-hydrogen) atoms. The Balaban J connectivity index is 1.87. The van der Waals surface area contributed by atoms with Crippen LogP contribution >= 0.6 is 0 Å². The predicted octanol–water partition coefficient (Wildman–Crippen LogP) is 5.59. The highest BCUT2D eigenvalue weighted by molar-refractivity contribution is 7.87. The summed E-state index contributed by atoms with van der Waals surface area (Å²) in [6, 6.07) is 25.4. The van der Waals surface area contributed by atoms with Gasteiger partial charge in [-0.2, -0.15) is 8.42 Å². The third kappa shape index (κ3) is 3.69. The van der Waals surface area contributed by atoms with Crippen molar-refractivity contribution in [2.45, 2.75) is 11.8 Å². The Bertz CT molecular complexity index is 1280. The molecule has 0 amide bonds. The third-order valence-electron chi connectivity index (χ3n) is 4.78. The fourth-order valence-electron chi connectivity index (χ4n) is 3.32. The number of methoxy groups -OCH3 is 1. The lowest BCUT2D eigenvalue weighted by molar-refractivity contribution is 0.416. The number of rotatable bonds is 5. The van der Waals surface area contributed by atoms with Crippen LogP contribution in [0.1, 0.15) is 5.56 Å². The van der Waals surface area contributed by atoms with Crippen LogP contribution in [0.25, 0.3) is 21.9 Å². The summed E-state index contributed by atoms with van der Waals surface area (Å²) in [4.78, 5) is 0.114. The van der Waals surface area contributed by atoms with E-state index < -0.39 is 10.1 Å². The van der Waals surface area contributed by atoms with Gasteiger partial charge in [0.2, 0.25) is 0 Å². The Hall–Kier alpha value is -3.31. The fraction of sp³-hybridized carbons (Fsp3) is 0.0833. The summed E-state index contributed by atoms with van der Waals surface area (Å²) in [5, 5.41) is 1.98. The van der Waals surface area contributed by atoms with Crippen molar-refractivity contribution in [1.29, 1.82) is 0 Å². The highest BCUT2D eigenvalue weighted by Crippen LogP contribution is 2.42. The number of hydrogen-bond acceptors (Lipinski definition) is 4. The van der Waals surface area contributed by atoms with E-state index in [1.54, 1.807) is 43.5 Å². The number of ether oxygens (including phenoxy) is 1. The summed E-state index contributed by atoms with van der Waals surface area (Å²) in [7, 11) is -2.38. The molecule has 0 spiro atoms. The predicted molar refractivity (Wildman–Crippen MR) is 115 cm³/mol. The van der Waals surface area contributed by atoms with Gasteiger partial charge >= 0.3 is 10.1 Å². The van der Waals surface area contributed by atoms with Crippen molar-refractivity contribution in [3.05, 3.63) is 90.5 Å². The molecule has 4 aromatic rings. The molecule has 0 aromatic heterocycles. The zero-order valence-corrected chi connectivity index (χ0v) is 16.9. The van der Waals surface area contributed by atoms with Gasteiger partial charge in [-0.05, 0) is 42.0 Å². The van der Waals surface area contributed by atoms with Gasteiger partial charge in [0, 0.05) is 11.1 Å². The Labute approximate surface area is 170 Å². The monoisotopic (exact) mass is 404 g/mol. The standard InChI is InChI=1S/C24H20O4S/c1-17-11-14-19(15-12-17)29(25,26)28-22-10-6-5-9-21(22)24-20-8-4-3-7-18(20)13-16-23(24)27-2/h3-16H,1-2H3. The Morgan fingerprint density at radius 3 is 2.17 bits per heavy atom. The average molecular weight is 404 g/mol. The van der Waals surface area contributed by atoms with Gasteiger partial charge < -0.3 is 8.92 Å². The first-order valence-electron chi connectivity index (χ1n) is 9.16. The molecule has 0 N–H and O–H groups in total. The topological polar surface area (TPSA) is 52.6 Å². The van der Waals surface area contributed by atoms with Crippen molar-refractivity contribution < 1.29 is 17.3 Å². The van der Waals surface area contributed by atoms with Crippen molar-refractivity contribution in [2.24, 2.45) is 0 Å². The molecule has 0 unspecified atom stereocenters. The van der Waals surface area contributed by atoms with Crippen LogP contribution in [-0.2, 0) is 10.1 Å². The van der Waals surface area contributed by atoms with Gasteiger partial charge in [0.25, 0.3) is 0 Å². The molecule has 0 atom stereocenters. The van der Waals surface area contributed by atoms with Crippen LogP contribution in [0.4, 0.5) is 0 Å². The second kappa shape index (κ2) is 7.60. The number of hydrogen-bond donors (Lipinski definition) is 0. The first kappa shape index (κ1) is 19.0. The van der Waals surface area contributed by atoms with Crippen LogP contribution < -0.4 is 8.92 Å². The molecule has 0 bridgehead atoms. The minimum absolute atomic E-state index is 0.114. The first-order valence-corrected chi connectivity index (χ1v) is 10.6. The van der Waals surface area contributed by atoms with E-state index in [-0.39, 0.29) is 10.6 Å². The van der Waals surface area contributed by atoms with Crippen LogP contribution in [0.2, 0.25) is 0 Å². The van der Waals surface area contributed by atoms with Crippen molar-refractivity contribution in [2.75, 3.05) is 7.11 Å². The van der Waals surface area contributed by atoms with Crippen molar-refractivity contribution in [1.82, 2.24) is 0 Å². The summed E-state index contributed by atoms with van der Waals surface area (Å²) >= 11 is 0. The van der Waals surface area contributed by atoms with Crippen molar-refractivity contribution >= 4 is 20.9 Å². The lowest BCUT2D eigenvalue weighted by Crippen LogP contribution is -2.10. The highest BCUT2D eigenvalue weighted by atomic mass is 32.2. The van der Waals surface area contributed by atoms with Crippen LogP contribution in [0.15, 0.2) is 89.8 Å². The zero-order valence-electron chi connectivity index (χ0n) is 16.1. The van der Waals surface area contributed by atoms with Crippen LogP contribution in [0.3, 0.4) is 0 Å². The van der Waals surface area contributed by atoms with Gasteiger partial charge in [-0.3, -0.25) is 0 Å². The van der Waals surface area contributed by atoms with Crippen LogP contribution in [0, 0.1) is 6.92 Å². The molecule has 4 nitrogen and oxygen atoms in total. The maximum absolute atomic E-state index is 12.9. The summed E-state index contributed by atoms with van der Waals surface area (Å²) in [5.74, 6) is 0.898. The van der Waals surface area contributed by atoms with E-state index in [2.05, 4.69) is 0 Å². The molecule has 0 fully saturated rings. The maximum Gasteiger partial charge on any atom is 0.339 e. The number of aryl methyl sites for hydroxylation is 1. The maximum atomic E-state index is 12.9. The van der Waals surface area contributed by atoms with E-state index in [0.717, 1.165) is 21.9 Å². The van der Waals surface area contributed by atoms with E-state index in [1.165, 1.54) is 0 Å². The first-order chi connectivity index (χ1) is 14.0. The second-order valence-corrected chi connectivity index (χ2v) is 8.26. The lowest BCUT2D eigenvalue weighted by atomic mass is 9.96. The molecule has 5 heteroatoms. The normalized spacial score (nSPS) is 11.4. The highest BCUT2D eigenvalue weighted by Gasteiger charge is 2.21. The Kier molecular flexibility index (Phi) is 4.99. The minimum atomic E-state index is -3.97. The van der Waals surface area contributed by atoms with Gasteiger partial charge in [-0.15, -0.1) is 0 Å². The van der Waals surface area contributed by atoms with E-state index in [0.29, 0.717) is 11.3 Å². The molecule has 0 aliphatic heterocycles. The molecule has 146 valence electrons. The average Bonchev–Trinajstić information content (AvgIpc) is 2.73. The molecule has 0 aliphatic carbocycles. The van der Waals surface area contributed by atoms with E-state index >= 15 is 0 Å². The summed E-state index contributed by atoms with van der Waals surface area (Å²) in [6.45, 7) is 1.90. The SMILES string of the molecule is COc1ccc2ccccc2c1-c1ccccc1OS(=O)(=O)c1ccc(C)cc1. The molecule has 0 saturated heterocycles. The third-order valence-corrected chi connectivity index (χ3v) is 6.02. The second-order valence-electron chi connectivity index (χ2n) is 6.71. The van der Waals surface area contributed by atoms with Gasteiger partial charge in [-0.1, -0.05) is 66.2 Å². The Morgan fingerprint density at radius 2 is 1.41 bits per heavy atom. The Morgan fingerprint density at radius 1 is 0.724 bits per heavy atom. The number of para-hydroxylation sites is 1. The zero-order chi connectivity index (χ0) is 20.4. The number of fused-ring (bicyclic) bond motifs is 1. The van der Waals surface area contributed by atoms with Gasteiger partial charge in [-0.25, -0.2) is 0 Å². The molecule has 0 aliphatic rings. The van der Waals surface area contributed by atoms with E-state index in [1.807, 2.05) is 55.5 Å². The smallest absolute Gasteiger partial charge is 0.339 e. The number of benzene rings is 4. The molecular weight excluding hydrogens is 384 g/mol. The largest absolute Gasteiger partial charge is 0.496 e. The van der Waals surface area contributed by atoms with Crippen LogP contribution in [0.5, 0.6) is 11.5 Å². The fourth-order valence-corrected chi connectivity index (χ4v) is 4.26. The molecule has 0 saturated carbocycles. The van der Waals surface area contributed by atoms with E-state index in [9.17, 15) is 8.42 Å². The summed E-state index contributed by atoms with van der Waals surface area (Å²) in [5.41, 5.74) is 2.42. The molecule has 4 rings (SSSR count). The van der Waals surface area contributed by atoms with Crippen LogP contribution in [-0.4, -0.2) is 15.5 Å². The van der Waals surface area contributed by atoms with Crippen molar-refractivity contribution in [3.63, 3.8) is 0 Å². The summed E-state index contributed by atoms with van der Waals surface area (Å²) < 4.78 is 36.9. The summed E-state index contributed by atoms with van der Waals surface area (Å²) in [6.07, 6.45) is 0. The van der Waals surface area contributed by atoms with Gasteiger partial charge in [0.05, 0.1) is 7.11 Å². The van der Waals surface area contributed by atoms with Gasteiger partial charge in [0.1, 0.15) is 10.6 Å². The lowest BCUT2D eigenvalue weighted by Gasteiger charge is -2.16. The van der Waals surface area contributed by atoms with Crippen molar-refractivity contribution in [3.8, 4) is 22.6 Å². The molecular formula is C24H20O4S. The van der Waals surface area contributed by atoms with E-state index in [4.69, 9.17) is 8.92 Å². The molecule has 4 aromatic carbocycles.